The molecule has 2 nitrogen and oxygen atoms in total. The highest BCUT2D eigenvalue weighted by Crippen LogP contribution is 2.38. The highest BCUT2D eigenvalue weighted by Gasteiger charge is 2.21. The van der Waals surface area contributed by atoms with Crippen LogP contribution in [-0.2, 0) is 0 Å². The van der Waals surface area contributed by atoms with Crippen LogP contribution in [0, 0.1) is 6.92 Å². The van der Waals surface area contributed by atoms with Gasteiger partial charge in [0.15, 0.2) is 0 Å². The summed E-state index contributed by atoms with van der Waals surface area (Å²) in [6, 6.07) is 0. The summed E-state index contributed by atoms with van der Waals surface area (Å²) >= 11 is 1.95. The van der Waals surface area contributed by atoms with Gasteiger partial charge in [0.2, 0.25) is 0 Å². The standard InChI is InChI=1S/C14H24N2S/c1-10(8-9-15)13-11(2)16-14(17-13)12-6-4-3-5-7-12/h10,12H,3-9,15H2,1-2H3. The molecule has 1 fully saturated rings. The third kappa shape index (κ3) is 3.08. The van der Waals surface area contributed by atoms with E-state index < -0.39 is 0 Å². The van der Waals surface area contributed by atoms with Gasteiger partial charge in [0.25, 0.3) is 0 Å². The molecule has 0 bridgehead atoms. The minimum Gasteiger partial charge on any atom is -0.330 e. The maximum Gasteiger partial charge on any atom is 0.0961 e. The predicted molar refractivity (Wildman–Crippen MR) is 74.8 cm³/mol. The van der Waals surface area contributed by atoms with E-state index in [1.54, 1.807) is 0 Å². The molecule has 96 valence electrons. The Morgan fingerprint density at radius 2 is 2.06 bits per heavy atom. The Hall–Kier alpha value is -0.410. The first-order valence-electron chi connectivity index (χ1n) is 6.89. The Balaban J connectivity index is 2.11. The van der Waals surface area contributed by atoms with Gasteiger partial charge in [0, 0.05) is 10.8 Å². The number of nitrogens with two attached hydrogens (primary N) is 1. The van der Waals surface area contributed by atoms with E-state index in [1.165, 1.54) is 47.7 Å². The number of nitrogens with zero attached hydrogens (tertiary/aromatic N) is 1. The Labute approximate surface area is 109 Å². The van der Waals surface area contributed by atoms with E-state index in [-0.39, 0.29) is 0 Å². The lowest BCUT2D eigenvalue weighted by Gasteiger charge is -2.19. The van der Waals surface area contributed by atoms with Crippen LogP contribution in [-0.4, -0.2) is 11.5 Å². The zero-order chi connectivity index (χ0) is 12.3. The molecule has 2 N–H and O–H groups in total. The van der Waals surface area contributed by atoms with Crippen molar-refractivity contribution in [3.05, 3.63) is 15.6 Å². The Morgan fingerprint density at radius 1 is 1.35 bits per heavy atom. The number of aryl methyl sites for hydroxylation is 1. The number of hydrogen-bond donors (Lipinski definition) is 1. The zero-order valence-electron chi connectivity index (χ0n) is 11.0. The number of hydrogen-bond acceptors (Lipinski definition) is 3. The van der Waals surface area contributed by atoms with Crippen LogP contribution in [0.4, 0.5) is 0 Å². The number of thiazole rings is 1. The van der Waals surface area contributed by atoms with Gasteiger partial charge in [-0.05, 0) is 38.6 Å². The zero-order valence-corrected chi connectivity index (χ0v) is 11.9. The van der Waals surface area contributed by atoms with Gasteiger partial charge in [-0.15, -0.1) is 11.3 Å². The molecule has 1 aromatic heterocycles. The van der Waals surface area contributed by atoms with Crippen LogP contribution in [0.5, 0.6) is 0 Å². The molecule has 1 atom stereocenters. The molecule has 2 rings (SSSR count). The van der Waals surface area contributed by atoms with Crippen molar-refractivity contribution in [2.24, 2.45) is 5.73 Å². The fourth-order valence-electron chi connectivity index (χ4n) is 2.79. The summed E-state index contributed by atoms with van der Waals surface area (Å²) < 4.78 is 0. The van der Waals surface area contributed by atoms with Crippen molar-refractivity contribution in [1.82, 2.24) is 4.98 Å². The first-order chi connectivity index (χ1) is 8.22. The van der Waals surface area contributed by atoms with Crippen molar-refractivity contribution in [1.29, 1.82) is 0 Å². The average Bonchev–Trinajstić information content (AvgIpc) is 2.73. The largest absolute Gasteiger partial charge is 0.330 e. The van der Waals surface area contributed by atoms with E-state index in [9.17, 15) is 0 Å². The van der Waals surface area contributed by atoms with Gasteiger partial charge in [-0.25, -0.2) is 4.98 Å². The van der Waals surface area contributed by atoms with Crippen LogP contribution in [0.1, 0.15) is 72.9 Å². The molecule has 1 aromatic rings. The maximum atomic E-state index is 5.65. The summed E-state index contributed by atoms with van der Waals surface area (Å²) in [4.78, 5) is 6.28. The third-order valence-electron chi connectivity index (χ3n) is 3.85. The molecule has 0 aliphatic heterocycles. The summed E-state index contributed by atoms with van der Waals surface area (Å²) in [6.45, 7) is 5.21. The van der Waals surface area contributed by atoms with E-state index in [4.69, 9.17) is 10.7 Å². The van der Waals surface area contributed by atoms with Crippen molar-refractivity contribution in [2.75, 3.05) is 6.54 Å². The smallest absolute Gasteiger partial charge is 0.0961 e. The van der Waals surface area contributed by atoms with Crippen LogP contribution in [0.15, 0.2) is 0 Å². The Bertz CT molecular complexity index is 353. The van der Waals surface area contributed by atoms with Crippen LogP contribution >= 0.6 is 11.3 Å². The fraction of sp³-hybridized carbons (Fsp3) is 0.786. The second-order valence-corrected chi connectivity index (χ2v) is 6.38. The summed E-state index contributed by atoms with van der Waals surface area (Å²) in [5.41, 5.74) is 6.90. The van der Waals surface area contributed by atoms with E-state index in [1.807, 2.05) is 11.3 Å². The molecule has 0 spiro atoms. The topological polar surface area (TPSA) is 38.9 Å². The van der Waals surface area contributed by atoms with Gasteiger partial charge in [0.1, 0.15) is 0 Å². The third-order valence-corrected chi connectivity index (χ3v) is 5.40. The minimum absolute atomic E-state index is 0.579. The lowest BCUT2D eigenvalue weighted by atomic mass is 9.90. The van der Waals surface area contributed by atoms with E-state index in [0.29, 0.717) is 5.92 Å². The molecule has 1 unspecified atom stereocenters. The van der Waals surface area contributed by atoms with Gasteiger partial charge >= 0.3 is 0 Å². The lowest BCUT2D eigenvalue weighted by molar-refractivity contribution is 0.442. The van der Waals surface area contributed by atoms with Crippen molar-refractivity contribution >= 4 is 11.3 Å². The SMILES string of the molecule is Cc1nc(C2CCCCC2)sc1C(C)CCN. The van der Waals surface area contributed by atoms with Crippen molar-refractivity contribution in [3.63, 3.8) is 0 Å². The van der Waals surface area contributed by atoms with E-state index in [0.717, 1.165) is 18.9 Å². The Kier molecular flexibility index (Phi) is 4.57. The quantitative estimate of drug-likeness (QED) is 0.881. The maximum absolute atomic E-state index is 5.65. The van der Waals surface area contributed by atoms with Gasteiger partial charge in [0.05, 0.1) is 10.7 Å². The van der Waals surface area contributed by atoms with Crippen LogP contribution in [0.25, 0.3) is 0 Å². The molecule has 3 heteroatoms. The molecular formula is C14H24N2S. The minimum atomic E-state index is 0.579. The van der Waals surface area contributed by atoms with Gasteiger partial charge in [-0.2, -0.15) is 0 Å². The molecule has 1 aliphatic rings. The van der Waals surface area contributed by atoms with Gasteiger partial charge < -0.3 is 5.73 Å². The van der Waals surface area contributed by atoms with Crippen LogP contribution < -0.4 is 5.73 Å². The molecule has 0 radical (unpaired) electrons. The normalized spacial score (nSPS) is 19.5. The van der Waals surface area contributed by atoms with Gasteiger partial charge in [-0.3, -0.25) is 0 Å². The molecule has 17 heavy (non-hydrogen) atoms. The second kappa shape index (κ2) is 5.96. The van der Waals surface area contributed by atoms with Crippen LogP contribution in [0.3, 0.4) is 0 Å². The monoisotopic (exact) mass is 252 g/mol. The van der Waals surface area contributed by atoms with Crippen molar-refractivity contribution in [3.8, 4) is 0 Å². The highest BCUT2D eigenvalue weighted by molar-refractivity contribution is 7.11. The number of rotatable bonds is 4. The summed E-state index contributed by atoms with van der Waals surface area (Å²) in [7, 11) is 0. The predicted octanol–water partition coefficient (Wildman–Crippen LogP) is 3.95. The molecule has 1 heterocycles. The fourth-order valence-corrected chi connectivity index (χ4v) is 4.11. The molecular weight excluding hydrogens is 228 g/mol. The van der Waals surface area contributed by atoms with Crippen molar-refractivity contribution in [2.45, 2.75) is 64.2 Å². The first-order valence-corrected chi connectivity index (χ1v) is 7.71. The van der Waals surface area contributed by atoms with Gasteiger partial charge in [-0.1, -0.05) is 26.2 Å². The summed E-state index contributed by atoms with van der Waals surface area (Å²) in [5.74, 6) is 1.32. The summed E-state index contributed by atoms with van der Waals surface area (Å²) in [5, 5.41) is 1.39. The molecule has 1 saturated carbocycles. The first kappa shape index (κ1) is 13.0. The van der Waals surface area contributed by atoms with Crippen molar-refractivity contribution < 1.29 is 0 Å². The number of aromatic nitrogens is 1. The molecule has 0 aromatic carbocycles. The molecule has 0 saturated heterocycles. The highest BCUT2D eigenvalue weighted by atomic mass is 32.1. The average molecular weight is 252 g/mol. The van der Waals surface area contributed by atoms with E-state index in [2.05, 4.69) is 13.8 Å². The molecule has 1 aliphatic carbocycles. The van der Waals surface area contributed by atoms with Crippen LogP contribution in [0.2, 0.25) is 0 Å². The second-order valence-electron chi connectivity index (χ2n) is 5.32. The van der Waals surface area contributed by atoms with E-state index >= 15 is 0 Å². The lowest BCUT2D eigenvalue weighted by Crippen LogP contribution is -2.04. The Morgan fingerprint density at radius 3 is 2.71 bits per heavy atom. The summed E-state index contributed by atoms with van der Waals surface area (Å²) in [6.07, 6.45) is 7.95. The molecule has 0 amide bonds.